The maximum atomic E-state index is 12.0. The van der Waals surface area contributed by atoms with Gasteiger partial charge in [-0.2, -0.15) is 0 Å². The van der Waals surface area contributed by atoms with E-state index in [2.05, 4.69) is 12.2 Å². The van der Waals surface area contributed by atoms with Crippen molar-refractivity contribution in [2.45, 2.75) is 38.5 Å². The number of hydrogen-bond acceptors (Lipinski definition) is 1. The molecule has 0 aromatic heterocycles. The molecule has 98 valence electrons. The summed E-state index contributed by atoms with van der Waals surface area (Å²) in [7, 11) is 0. The predicted octanol–water partition coefficient (Wildman–Crippen LogP) is 3.74. The van der Waals surface area contributed by atoms with Crippen LogP contribution >= 0.6 is 11.6 Å². The molecule has 2 nitrogen and oxygen atoms in total. The Hall–Kier alpha value is -1.02. The van der Waals surface area contributed by atoms with Crippen LogP contribution in [0.2, 0.25) is 0 Å². The lowest BCUT2D eigenvalue weighted by Gasteiger charge is -2.14. The zero-order chi connectivity index (χ0) is 13.0. The fraction of sp³-hybridized carbons (Fsp3) is 0.533. The number of alkyl halides is 1. The summed E-state index contributed by atoms with van der Waals surface area (Å²) in [5.41, 5.74) is 2.16. The molecule has 0 unspecified atom stereocenters. The van der Waals surface area contributed by atoms with Gasteiger partial charge in [0.15, 0.2) is 0 Å². The molecular formula is C15H20ClNO. The van der Waals surface area contributed by atoms with Gasteiger partial charge in [-0.05, 0) is 42.4 Å². The number of carbonyl (C=O) groups excluding carboxylic acids is 1. The third-order valence-electron chi connectivity index (χ3n) is 3.73. The van der Waals surface area contributed by atoms with Crippen molar-refractivity contribution in [2.24, 2.45) is 5.41 Å². The largest absolute Gasteiger partial charge is 0.351 e. The van der Waals surface area contributed by atoms with E-state index in [9.17, 15) is 4.79 Å². The lowest BCUT2D eigenvalue weighted by molar-refractivity contribution is 0.0943. The maximum absolute atomic E-state index is 12.0. The van der Waals surface area contributed by atoms with E-state index in [0.29, 0.717) is 11.3 Å². The second kappa shape index (κ2) is 5.75. The van der Waals surface area contributed by atoms with Crippen LogP contribution in [0.1, 0.15) is 48.5 Å². The number of rotatable bonds is 6. The molecule has 18 heavy (non-hydrogen) atoms. The van der Waals surface area contributed by atoms with Crippen molar-refractivity contribution in [3.05, 3.63) is 35.4 Å². The van der Waals surface area contributed by atoms with E-state index in [1.807, 2.05) is 24.3 Å². The monoisotopic (exact) mass is 265 g/mol. The SMILES string of the molecule is CCCC1(CNC(=O)c2ccc(CCl)cc2)CC1. The highest BCUT2D eigenvalue weighted by atomic mass is 35.5. The Morgan fingerprint density at radius 3 is 2.50 bits per heavy atom. The van der Waals surface area contributed by atoms with Crippen molar-refractivity contribution in [3.8, 4) is 0 Å². The van der Waals surface area contributed by atoms with E-state index in [1.54, 1.807) is 0 Å². The second-order valence-corrected chi connectivity index (χ2v) is 5.53. The van der Waals surface area contributed by atoms with Crippen LogP contribution in [-0.4, -0.2) is 12.5 Å². The Balaban J connectivity index is 1.87. The average molecular weight is 266 g/mol. The number of amides is 1. The molecule has 1 amide bonds. The Morgan fingerprint density at radius 1 is 1.33 bits per heavy atom. The summed E-state index contributed by atoms with van der Waals surface area (Å²) in [6, 6.07) is 7.49. The van der Waals surface area contributed by atoms with Gasteiger partial charge in [-0.25, -0.2) is 0 Å². The topological polar surface area (TPSA) is 29.1 Å². The van der Waals surface area contributed by atoms with Gasteiger partial charge in [0.2, 0.25) is 0 Å². The van der Waals surface area contributed by atoms with Gasteiger partial charge >= 0.3 is 0 Å². The van der Waals surface area contributed by atoms with Gasteiger partial charge in [-0.15, -0.1) is 11.6 Å². The van der Waals surface area contributed by atoms with Gasteiger partial charge in [0.1, 0.15) is 0 Å². The van der Waals surface area contributed by atoms with Crippen molar-refractivity contribution >= 4 is 17.5 Å². The quantitative estimate of drug-likeness (QED) is 0.780. The smallest absolute Gasteiger partial charge is 0.251 e. The number of carbonyl (C=O) groups is 1. The van der Waals surface area contributed by atoms with Gasteiger partial charge in [-0.1, -0.05) is 25.5 Å². The zero-order valence-electron chi connectivity index (χ0n) is 10.8. The molecule has 1 aliphatic carbocycles. The highest BCUT2D eigenvalue weighted by Gasteiger charge is 2.41. The molecule has 0 atom stereocenters. The van der Waals surface area contributed by atoms with Gasteiger partial charge in [-0.3, -0.25) is 4.79 Å². The minimum Gasteiger partial charge on any atom is -0.351 e. The standard InChI is InChI=1S/C15H20ClNO/c1-2-7-15(8-9-15)11-17-14(18)13-5-3-12(10-16)4-6-13/h3-6H,2,7-11H2,1H3,(H,17,18). The Labute approximate surface area is 114 Å². The lowest BCUT2D eigenvalue weighted by Crippen LogP contribution is -2.30. The second-order valence-electron chi connectivity index (χ2n) is 5.26. The normalized spacial score (nSPS) is 16.3. The first-order valence-corrected chi connectivity index (χ1v) is 7.16. The molecule has 1 fully saturated rings. The summed E-state index contributed by atoms with van der Waals surface area (Å²) in [4.78, 5) is 12.0. The Kier molecular flexibility index (Phi) is 4.28. The number of nitrogens with one attached hydrogen (secondary N) is 1. The van der Waals surface area contributed by atoms with Gasteiger partial charge < -0.3 is 5.32 Å². The summed E-state index contributed by atoms with van der Waals surface area (Å²) in [5.74, 6) is 0.514. The van der Waals surface area contributed by atoms with E-state index in [0.717, 1.165) is 17.7 Å². The molecular weight excluding hydrogens is 246 g/mol. The molecule has 0 bridgehead atoms. The van der Waals surface area contributed by atoms with Gasteiger partial charge in [0, 0.05) is 18.0 Å². The van der Waals surface area contributed by atoms with Gasteiger partial charge in [0.05, 0.1) is 0 Å². The first-order chi connectivity index (χ1) is 8.69. The fourth-order valence-electron chi connectivity index (χ4n) is 2.34. The summed E-state index contributed by atoms with van der Waals surface area (Å²) >= 11 is 5.72. The van der Waals surface area contributed by atoms with E-state index in [1.165, 1.54) is 25.7 Å². The van der Waals surface area contributed by atoms with Gasteiger partial charge in [0.25, 0.3) is 5.91 Å². The predicted molar refractivity (Wildman–Crippen MR) is 74.9 cm³/mol. The van der Waals surface area contributed by atoms with Crippen LogP contribution < -0.4 is 5.32 Å². The summed E-state index contributed by atoms with van der Waals surface area (Å²) in [5, 5.41) is 3.05. The van der Waals surface area contributed by atoms with Crippen molar-refractivity contribution in [1.82, 2.24) is 5.32 Å². The molecule has 1 aromatic rings. The first-order valence-electron chi connectivity index (χ1n) is 6.62. The highest BCUT2D eigenvalue weighted by Crippen LogP contribution is 2.48. The molecule has 2 rings (SSSR count). The van der Waals surface area contributed by atoms with Crippen LogP contribution in [0.4, 0.5) is 0 Å². The third kappa shape index (κ3) is 3.26. The van der Waals surface area contributed by atoms with E-state index >= 15 is 0 Å². The Morgan fingerprint density at radius 2 is 2.00 bits per heavy atom. The van der Waals surface area contributed by atoms with E-state index in [4.69, 9.17) is 11.6 Å². The Bertz CT molecular complexity index is 409. The van der Waals surface area contributed by atoms with Crippen LogP contribution in [-0.2, 0) is 5.88 Å². The molecule has 3 heteroatoms. The first kappa shape index (κ1) is 13.4. The number of halogens is 1. The summed E-state index contributed by atoms with van der Waals surface area (Å²) < 4.78 is 0. The highest BCUT2D eigenvalue weighted by molar-refractivity contribution is 6.17. The van der Waals surface area contributed by atoms with Crippen molar-refractivity contribution in [1.29, 1.82) is 0 Å². The molecule has 0 radical (unpaired) electrons. The molecule has 0 aliphatic heterocycles. The molecule has 0 heterocycles. The minimum atomic E-state index is 0.0264. The minimum absolute atomic E-state index is 0.0264. The molecule has 1 aliphatic rings. The van der Waals surface area contributed by atoms with Crippen LogP contribution in [0.5, 0.6) is 0 Å². The van der Waals surface area contributed by atoms with Crippen molar-refractivity contribution in [3.63, 3.8) is 0 Å². The average Bonchev–Trinajstić information content (AvgIpc) is 3.17. The van der Waals surface area contributed by atoms with Crippen LogP contribution in [0.15, 0.2) is 24.3 Å². The van der Waals surface area contributed by atoms with Crippen LogP contribution in [0.3, 0.4) is 0 Å². The molecule has 0 spiro atoms. The molecule has 1 saturated carbocycles. The van der Waals surface area contributed by atoms with Crippen LogP contribution in [0.25, 0.3) is 0 Å². The molecule has 0 saturated heterocycles. The number of benzene rings is 1. The van der Waals surface area contributed by atoms with Crippen molar-refractivity contribution < 1.29 is 4.79 Å². The lowest BCUT2D eigenvalue weighted by atomic mass is 10.0. The third-order valence-corrected chi connectivity index (χ3v) is 4.04. The number of hydrogen-bond donors (Lipinski definition) is 1. The van der Waals surface area contributed by atoms with Crippen LogP contribution in [0, 0.1) is 5.41 Å². The summed E-state index contributed by atoms with van der Waals surface area (Å²) in [6.45, 7) is 3.02. The fourth-order valence-corrected chi connectivity index (χ4v) is 2.52. The molecule has 1 aromatic carbocycles. The van der Waals surface area contributed by atoms with Crippen molar-refractivity contribution in [2.75, 3.05) is 6.54 Å². The van der Waals surface area contributed by atoms with E-state index < -0.39 is 0 Å². The van der Waals surface area contributed by atoms with E-state index in [-0.39, 0.29) is 5.91 Å². The summed E-state index contributed by atoms with van der Waals surface area (Å²) in [6.07, 6.45) is 4.93. The maximum Gasteiger partial charge on any atom is 0.251 e. The molecule has 1 N–H and O–H groups in total. The zero-order valence-corrected chi connectivity index (χ0v) is 11.6.